The van der Waals surface area contributed by atoms with E-state index in [1.54, 1.807) is 17.7 Å². The topological polar surface area (TPSA) is 61.6 Å². The van der Waals surface area contributed by atoms with Gasteiger partial charge in [-0.3, -0.25) is 0 Å². The van der Waals surface area contributed by atoms with Gasteiger partial charge in [0.25, 0.3) is 0 Å². The lowest BCUT2D eigenvalue weighted by molar-refractivity contribution is 1.23. The van der Waals surface area contributed by atoms with Gasteiger partial charge in [0.15, 0.2) is 0 Å². The molecule has 0 unspecified atom stereocenters. The number of benzene rings is 2. The molecule has 4 nitrogen and oxygen atoms in total. The van der Waals surface area contributed by atoms with Gasteiger partial charge in [-0.2, -0.15) is 5.26 Å². The molecule has 2 heterocycles. The van der Waals surface area contributed by atoms with Crippen LogP contribution in [0.2, 0.25) is 5.02 Å². The number of nitrogens with zero attached hydrogens (tertiary/aromatic N) is 3. The number of fused-ring (bicyclic) bond motifs is 1. The van der Waals surface area contributed by atoms with E-state index in [0.717, 1.165) is 49.5 Å². The number of hydrogen-bond acceptors (Lipinski definition) is 6. The van der Waals surface area contributed by atoms with Crippen molar-refractivity contribution >= 4 is 56.4 Å². The Bertz CT molecular complexity index is 1150. The number of nitriles is 1. The lowest BCUT2D eigenvalue weighted by Gasteiger charge is -2.09. The van der Waals surface area contributed by atoms with Crippen LogP contribution >= 0.6 is 34.7 Å². The van der Waals surface area contributed by atoms with E-state index in [1.165, 1.54) is 4.88 Å². The maximum Gasteiger partial charge on any atom is 0.143 e. The Hall–Kier alpha value is -2.59. The summed E-state index contributed by atoms with van der Waals surface area (Å²) >= 11 is 8.84. The molecule has 4 rings (SSSR count). The van der Waals surface area contributed by atoms with Crippen LogP contribution in [0, 0.1) is 17.6 Å². The molecule has 1 N–H and O–H groups in total. The molecule has 0 saturated carbocycles. The van der Waals surface area contributed by atoms with Crippen molar-refractivity contribution in [2.45, 2.75) is 11.8 Å². The van der Waals surface area contributed by atoms with Crippen LogP contribution in [0.1, 0.15) is 4.88 Å². The van der Waals surface area contributed by atoms with E-state index in [2.05, 4.69) is 27.6 Å². The fraction of sp³-hybridized carbons (Fsp3) is 0.0500. The number of nitrogens with one attached hydrogen (secondary N) is 1. The Morgan fingerprint density at radius 3 is 2.52 bits per heavy atom. The van der Waals surface area contributed by atoms with Gasteiger partial charge in [-0.05, 0) is 60.6 Å². The van der Waals surface area contributed by atoms with Gasteiger partial charge in [0.2, 0.25) is 0 Å². The predicted octanol–water partition coefficient (Wildman–Crippen LogP) is 6.64. The molecule has 0 spiro atoms. The molecule has 2 aromatic carbocycles. The first-order valence-corrected chi connectivity index (χ1v) is 10.1. The summed E-state index contributed by atoms with van der Waals surface area (Å²) in [5.41, 5.74) is 3.11. The zero-order valence-electron chi connectivity index (χ0n) is 14.2. The SMILES string of the molecule is Cc1sc2ncnc(Nc3ccc(SC#N)cc3)c2c1-c1ccc(Cl)cc1. The average Bonchev–Trinajstić information content (AvgIpc) is 3.01. The molecular weight excluding hydrogens is 396 g/mol. The minimum absolute atomic E-state index is 0.709. The van der Waals surface area contributed by atoms with Crippen molar-refractivity contribution in [3.05, 3.63) is 64.8 Å². The number of anilines is 2. The van der Waals surface area contributed by atoms with Crippen LogP contribution in [-0.2, 0) is 0 Å². The van der Waals surface area contributed by atoms with E-state index in [0.29, 0.717) is 5.02 Å². The van der Waals surface area contributed by atoms with E-state index in [9.17, 15) is 0 Å². The van der Waals surface area contributed by atoms with Gasteiger partial charge in [-0.1, -0.05) is 23.7 Å². The van der Waals surface area contributed by atoms with Crippen LogP contribution in [0.5, 0.6) is 0 Å². The van der Waals surface area contributed by atoms with Crippen LogP contribution in [-0.4, -0.2) is 9.97 Å². The number of aromatic nitrogens is 2. The standard InChI is InChI=1S/C20H13ClN4S2/c1-12-17(13-2-4-14(21)5-3-13)18-19(23-11-24-20(18)27-12)25-15-6-8-16(9-7-15)26-10-22/h2-9,11H,1H3,(H,23,24,25). The highest BCUT2D eigenvalue weighted by atomic mass is 35.5. The van der Waals surface area contributed by atoms with E-state index in [-0.39, 0.29) is 0 Å². The van der Waals surface area contributed by atoms with Gasteiger partial charge < -0.3 is 5.32 Å². The monoisotopic (exact) mass is 408 g/mol. The summed E-state index contributed by atoms with van der Waals surface area (Å²) in [6.07, 6.45) is 1.58. The summed E-state index contributed by atoms with van der Waals surface area (Å²) in [5.74, 6) is 0.759. The Morgan fingerprint density at radius 2 is 1.81 bits per heavy atom. The fourth-order valence-electron chi connectivity index (χ4n) is 2.90. The highest BCUT2D eigenvalue weighted by molar-refractivity contribution is 8.03. The van der Waals surface area contributed by atoms with Crippen LogP contribution in [0.4, 0.5) is 11.5 Å². The van der Waals surface area contributed by atoms with Gasteiger partial charge >= 0.3 is 0 Å². The number of rotatable bonds is 4. The molecule has 4 aromatic rings. The summed E-state index contributed by atoms with van der Waals surface area (Å²) in [4.78, 5) is 11.9. The van der Waals surface area contributed by atoms with Gasteiger partial charge in [-0.25, -0.2) is 9.97 Å². The largest absolute Gasteiger partial charge is 0.340 e. The maximum atomic E-state index is 8.77. The van der Waals surface area contributed by atoms with E-state index >= 15 is 0 Å². The molecule has 0 aliphatic carbocycles. The summed E-state index contributed by atoms with van der Waals surface area (Å²) in [6.45, 7) is 2.09. The quantitative estimate of drug-likeness (QED) is 0.303. The number of thioether (sulfide) groups is 1. The number of thiocyanates is 1. The molecule has 0 radical (unpaired) electrons. The molecule has 0 amide bonds. The molecule has 0 fully saturated rings. The molecule has 0 bridgehead atoms. The first-order valence-electron chi connectivity index (χ1n) is 8.09. The van der Waals surface area contributed by atoms with Crippen LogP contribution in [0.15, 0.2) is 59.8 Å². The second-order valence-corrected chi connectivity index (χ2v) is 8.28. The number of thiophene rings is 1. The lowest BCUT2D eigenvalue weighted by Crippen LogP contribution is -1.95. The average molecular weight is 409 g/mol. The van der Waals surface area contributed by atoms with Crippen molar-refractivity contribution < 1.29 is 0 Å². The van der Waals surface area contributed by atoms with Crippen LogP contribution < -0.4 is 5.32 Å². The normalized spacial score (nSPS) is 10.7. The summed E-state index contributed by atoms with van der Waals surface area (Å²) < 4.78 is 0. The van der Waals surface area contributed by atoms with Gasteiger partial charge in [0, 0.05) is 26.0 Å². The highest BCUT2D eigenvalue weighted by Crippen LogP contribution is 2.41. The fourth-order valence-corrected chi connectivity index (χ4v) is 4.42. The molecule has 27 heavy (non-hydrogen) atoms. The molecule has 0 aliphatic heterocycles. The Balaban J connectivity index is 1.79. The molecule has 0 atom stereocenters. The minimum Gasteiger partial charge on any atom is -0.340 e. The minimum atomic E-state index is 0.709. The van der Waals surface area contributed by atoms with Crippen molar-refractivity contribution in [3.8, 4) is 16.5 Å². The van der Waals surface area contributed by atoms with Gasteiger partial charge in [0.1, 0.15) is 22.4 Å². The summed E-state index contributed by atoms with van der Waals surface area (Å²) in [5, 5.41) is 15.9. The molecule has 132 valence electrons. The van der Waals surface area contributed by atoms with Crippen molar-refractivity contribution in [2.75, 3.05) is 5.32 Å². The second-order valence-electron chi connectivity index (χ2n) is 5.79. The first kappa shape index (κ1) is 17.8. The van der Waals surface area contributed by atoms with Crippen LogP contribution in [0.25, 0.3) is 21.3 Å². The number of aryl methyl sites for hydroxylation is 1. The van der Waals surface area contributed by atoms with Crippen molar-refractivity contribution in [2.24, 2.45) is 0 Å². The van der Waals surface area contributed by atoms with E-state index < -0.39 is 0 Å². The van der Waals surface area contributed by atoms with E-state index in [1.807, 2.05) is 48.5 Å². The molecule has 2 aromatic heterocycles. The number of hydrogen-bond donors (Lipinski definition) is 1. The second kappa shape index (κ2) is 7.57. The predicted molar refractivity (Wildman–Crippen MR) is 114 cm³/mol. The molecule has 0 aliphatic rings. The van der Waals surface area contributed by atoms with Crippen LogP contribution in [0.3, 0.4) is 0 Å². The zero-order valence-corrected chi connectivity index (χ0v) is 16.6. The molecule has 7 heteroatoms. The van der Waals surface area contributed by atoms with E-state index in [4.69, 9.17) is 16.9 Å². The third-order valence-corrected chi connectivity index (χ3v) is 5.94. The Labute approximate surface area is 169 Å². The zero-order chi connectivity index (χ0) is 18.8. The first-order chi connectivity index (χ1) is 13.2. The summed E-state index contributed by atoms with van der Waals surface area (Å²) in [7, 11) is 0. The third kappa shape index (κ3) is 3.62. The molecule has 0 saturated heterocycles. The molecular formula is C20H13ClN4S2. The van der Waals surface area contributed by atoms with Crippen molar-refractivity contribution in [3.63, 3.8) is 0 Å². The Morgan fingerprint density at radius 1 is 1.07 bits per heavy atom. The lowest BCUT2D eigenvalue weighted by atomic mass is 10.0. The Kier molecular flexibility index (Phi) is 4.99. The van der Waals surface area contributed by atoms with Crippen molar-refractivity contribution in [1.82, 2.24) is 9.97 Å². The maximum absolute atomic E-state index is 8.77. The smallest absolute Gasteiger partial charge is 0.143 e. The van der Waals surface area contributed by atoms with Gasteiger partial charge in [-0.15, -0.1) is 11.3 Å². The third-order valence-electron chi connectivity index (χ3n) is 4.08. The van der Waals surface area contributed by atoms with Gasteiger partial charge in [0.05, 0.1) is 5.39 Å². The number of halogens is 1. The summed E-state index contributed by atoms with van der Waals surface area (Å²) in [6, 6.07) is 15.5. The highest BCUT2D eigenvalue weighted by Gasteiger charge is 2.17. The van der Waals surface area contributed by atoms with Crippen molar-refractivity contribution in [1.29, 1.82) is 5.26 Å².